The number of fused-ring (bicyclic) bond motifs is 1. The van der Waals surface area contributed by atoms with Gasteiger partial charge in [0.2, 0.25) is 0 Å². The van der Waals surface area contributed by atoms with Gasteiger partial charge in [-0.1, -0.05) is 18.2 Å². The molecular weight excluding hydrogens is 336 g/mol. The van der Waals surface area contributed by atoms with Crippen LogP contribution in [-0.2, 0) is 26.1 Å². The fourth-order valence-corrected chi connectivity index (χ4v) is 1.95. The first-order valence-corrected chi connectivity index (χ1v) is 8.46. The average molecular weight is 354 g/mol. The highest BCUT2D eigenvalue weighted by atomic mass is 32.2. The minimum atomic E-state index is -3.67. The SMILES string of the molecule is COC(=O)Cc1c(O)ccc2cc(C(=N)N)ccc12.CS(=O)(=O)O. The first kappa shape index (κ1) is 19.4. The van der Waals surface area contributed by atoms with E-state index in [0.717, 1.165) is 10.8 Å². The Morgan fingerprint density at radius 3 is 2.38 bits per heavy atom. The molecule has 0 fully saturated rings. The minimum Gasteiger partial charge on any atom is -0.508 e. The van der Waals surface area contributed by atoms with E-state index in [1.54, 1.807) is 24.3 Å². The molecule has 0 amide bonds. The molecule has 0 atom stereocenters. The van der Waals surface area contributed by atoms with Gasteiger partial charge in [0.15, 0.2) is 0 Å². The second-order valence-electron chi connectivity index (χ2n) is 4.90. The maximum absolute atomic E-state index is 11.4. The highest BCUT2D eigenvalue weighted by Crippen LogP contribution is 2.28. The maximum atomic E-state index is 11.4. The summed E-state index contributed by atoms with van der Waals surface area (Å²) >= 11 is 0. The number of methoxy groups -OCH3 is 1. The molecule has 2 aromatic carbocycles. The van der Waals surface area contributed by atoms with Gasteiger partial charge in [0.25, 0.3) is 10.1 Å². The van der Waals surface area contributed by atoms with Crippen molar-refractivity contribution >= 4 is 32.7 Å². The summed E-state index contributed by atoms with van der Waals surface area (Å²) in [6.07, 6.45) is 0.714. The molecule has 24 heavy (non-hydrogen) atoms. The summed E-state index contributed by atoms with van der Waals surface area (Å²) in [4.78, 5) is 11.4. The molecule has 0 spiro atoms. The zero-order chi connectivity index (χ0) is 18.5. The van der Waals surface area contributed by atoms with Crippen LogP contribution in [0.3, 0.4) is 0 Å². The van der Waals surface area contributed by atoms with Gasteiger partial charge >= 0.3 is 5.97 Å². The second kappa shape index (κ2) is 7.75. The fourth-order valence-electron chi connectivity index (χ4n) is 1.95. The zero-order valence-corrected chi connectivity index (χ0v) is 13.9. The van der Waals surface area contributed by atoms with Crippen LogP contribution < -0.4 is 5.73 Å². The Bertz CT molecular complexity index is 869. The van der Waals surface area contributed by atoms with E-state index in [-0.39, 0.29) is 18.0 Å². The molecule has 0 unspecified atom stereocenters. The van der Waals surface area contributed by atoms with Crippen molar-refractivity contribution in [3.8, 4) is 5.75 Å². The van der Waals surface area contributed by atoms with Crippen molar-refractivity contribution in [3.63, 3.8) is 0 Å². The minimum absolute atomic E-state index is 0.000901. The molecule has 0 aromatic heterocycles. The number of rotatable bonds is 3. The number of phenolic OH excluding ortho intramolecular Hbond substituents is 1. The van der Waals surface area contributed by atoms with Crippen LogP contribution in [0.2, 0.25) is 0 Å². The van der Waals surface area contributed by atoms with E-state index in [0.29, 0.717) is 17.4 Å². The predicted octanol–water partition coefficient (Wildman–Crippen LogP) is 1.05. The van der Waals surface area contributed by atoms with Crippen LogP contribution in [-0.4, -0.2) is 43.2 Å². The number of hydrogen-bond acceptors (Lipinski definition) is 6. The van der Waals surface area contributed by atoms with Crippen molar-refractivity contribution in [1.29, 1.82) is 5.41 Å². The number of nitrogen functional groups attached to an aromatic ring is 1. The number of amidine groups is 1. The van der Waals surface area contributed by atoms with Gasteiger partial charge in [-0.3, -0.25) is 14.8 Å². The lowest BCUT2D eigenvalue weighted by molar-refractivity contribution is -0.139. The standard InChI is InChI=1S/C14H14N2O3.CH4O3S/c1-19-13(18)7-11-10-4-2-9(14(15)16)6-8(10)3-5-12(11)17;1-5(2,3)4/h2-6,17H,7H2,1H3,(H3,15,16);1H3,(H,2,3,4). The number of carbonyl (C=O) groups excluding carboxylic acids is 1. The normalized spacial score (nSPS) is 10.6. The Kier molecular flexibility index (Phi) is 6.27. The summed E-state index contributed by atoms with van der Waals surface area (Å²) in [6.45, 7) is 0. The van der Waals surface area contributed by atoms with Gasteiger partial charge in [-0.05, 0) is 22.9 Å². The number of benzene rings is 2. The lowest BCUT2D eigenvalue weighted by Crippen LogP contribution is -2.11. The van der Waals surface area contributed by atoms with E-state index in [2.05, 4.69) is 4.74 Å². The summed E-state index contributed by atoms with van der Waals surface area (Å²) in [5.41, 5.74) is 6.55. The van der Waals surface area contributed by atoms with Gasteiger partial charge in [-0.2, -0.15) is 8.42 Å². The van der Waals surface area contributed by atoms with E-state index < -0.39 is 16.1 Å². The van der Waals surface area contributed by atoms with E-state index in [4.69, 9.17) is 15.7 Å². The summed E-state index contributed by atoms with van der Waals surface area (Å²) in [7, 11) is -2.36. The Labute approximate surface area is 139 Å². The van der Waals surface area contributed by atoms with E-state index in [1.807, 2.05) is 0 Å². The largest absolute Gasteiger partial charge is 0.508 e. The van der Waals surface area contributed by atoms with Crippen LogP contribution in [0.1, 0.15) is 11.1 Å². The van der Waals surface area contributed by atoms with Gasteiger partial charge in [-0.25, -0.2) is 0 Å². The topological polar surface area (TPSA) is 151 Å². The van der Waals surface area contributed by atoms with Crippen LogP contribution in [0.15, 0.2) is 30.3 Å². The first-order valence-electron chi connectivity index (χ1n) is 6.61. The third kappa shape index (κ3) is 5.86. The fraction of sp³-hybridized carbons (Fsp3) is 0.200. The number of nitrogens with one attached hydrogen (secondary N) is 1. The third-order valence-corrected chi connectivity index (χ3v) is 2.97. The highest BCUT2D eigenvalue weighted by molar-refractivity contribution is 7.85. The smallest absolute Gasteiger partial charge is 0.310 e. The van der Waals surface area contributed by atoms with Crippen LogP contribution in [0.5, 0.6) is 5.75 Å². The predicted molar refractivity (Wildman–Crippen MR) is 89.8 cm³/mol. The molecule has 0 aliphatic heterocycles. The molecule has 0 bridgehead atoms. The quantitative estimate of drug-likeness (QED) is 0.278. The molecule has 2 aromatic rings. The molecule has 8 nitrogen and oxygen atoms in total. The Morgan fingerprint density at radius 2 is 1.88 bits per heavy atom. The monoisotopic (exact) mass is 354 g/mol. The molecule has 0 saturated carbocycles. The van der Waals surface area contributed by atoms with Crippen molar-refractivity contribution in [2.75, 3.05) is 13.4 Å². The van der Waals surface area contributed by atoms with Gasteiger partial charge in [0, 0.05) is 11.1 Å². The van der Waals surface area contributed by atoms with Crippen LogP contribution in [0.4, 0.5) is 0 Å². The number of nitrogens with two attached hydrogens (primary N) is 1. The molecule has 0 heterocycles. The summed E-state index contributed by atoms with van der Waals surface area (Å²) in [5, 5.41) is 18.8. The maximum Gasteiger partial charge on any atom is 0.310 e. The molecular formula is C15H18N2O6S. The van der Waals surface area contributed by atoms with E-state index >= 15 is 0 Å². The number of ether oxygens (including phenoxy) is 1. The lowest BCUT2D eigenvalue weighted by atomic mass is 9.99. The van der Waals surface area contributed by atoms with Crippen LogP contribution in [0, 0.1) is 5.41 Å². The number of carbonyl (C=O) groups is 1. The van der Waals surface area contributed by atoms with E-state index in [9.17, 15) is 18.3 Å². The first-order chi connectivity index (χ1) is 11.0. The molecule has 0 saturated heterocycles. The molecule has 0 aliphatic carbocycles. The van der Waals surface area contributed by atoms with Crippen molar-refractivity contribution in [1.82, 2.24) is 0 Å². The van der Waals surface area contributed by atoms with E-state index in [1.165, 1.54) is 13.2 Å². The second-order valence-corrected chi connectivity index (χ2v) is 6.36. The van der Waals surface area contributed by atoms with Crippen LogP contribution >= 0.6 is 0 Å². The molecule has 5 N–H and O–H groups in total. The van der Waals surface area contributed by atoms with Crippen molar-refractivity contribution in [3.05, 3.63) is 41.5 Å². The summed E-state index contributed by atoms with van der Waals surface area (Å²) < 4.78 is 30.5. The van der Waals surface area contributed by atoms with Gasteiger partial charge < -0.3 is 15.6 Å². The molecule has 0 radical (unpaired) electrons. The summed E-state index contributed by atoms with van der Waals surface area (Å²) in [5.74, 6) is -0.392. The lowest BCUT2D eigenvalue weighted by Gasteiger charge is -2.09. The average Bonchev–Trinajstić information content (AvgIpc) is 2.47. The van der Waals surface area contributed by atoms with Crippen molar-refractivity contribution < 1.29 is 27.6 Å². The third-order valence-electron chi connectivity index (χ3n) is 2.97. The number of esters is 1. The Morgan fingerprint density at radius 1 is 1.29 bits per heavy atom. The Hall–Kier alpha value is -2.65. The number of aromatic hydroxyl groups is 1. The highest BCUT2D eigenvalue weighted by Gasteiger charge is 2.12. The molecule has 130 valence electrons. The van der Waals surface area contributed by atoms with Gasteiger partial charge in [0.05, 0.1) is 19.8 Å². The van der Waals surface area contributed by atoms with Crippen molar-refractivity contribution in [2.24, 2.45) is 5.73 Å². The molecule has 0 aliphatic rings. The molecule has 2 rings (SSSR count). The Balaban J connectivity index is 0.000000505. The molecule has 9 heteroatoms. The number of phenols is 1. The van der Waals surface area contributed by atoms with Gasteiger partial charge in [-0.15, -0.1) is 0 Å². The van der Waals surface area contributed by atoms with Gasteiger partial charge in [0.1, 0.15) is 11.6 Å². The number of hydrogen-bond donors (Lipinski definition) is 4. The zero-order valence-electron chi connectivity index (χ0n) is 13.1. The summed E-state index contributed by atoms with van der Waals surface area (Å²) in [6, 6.07) is 8.41. The van der Waals surface area contributed by atoms with Crippen molar-refractivity contribution in [2.45, 2.75) is 6.42 Å². The van der Waals surface area contributed by atoms with Crippen LogP contribution in [0.25, 0.3) is 10.8 Å².